The molecule has 0 aliphatic heterocycles. The summed E-state index contributed by atoms with van der Waals surface area (Å²) >= 11 is 0. The number of nitrogens with zero attached hydrogens (tertiary/aromatic N) is 1. The van der Waals surface area contributed by atoms with E-state index in [-0.39, 0.29) is 5.82 Å². The normalized spacial score (nSPS) is 12.5. The molecule has 1 aromatic carbocycles. The third-order valence-electron chi connectivity index (χ3n) is 3.06. The first-order valence-electron chi connectivity index (χ1n) is 6.39. The number of benzene rings is 1. The van der Waals surface area contributed by atoms with Gasteiger partial charge in [-0.2, -0.15) is 0 Å². The fourth-order valence-corrected chi connectivity index (χ4v) is 2.05. The van der Waals surface area contributed by atoms with Crippen molar-refractivity contribution in [3.63, 3.8) is 0 Å². The Balaban J connectivity index is 2.74. The number of nitrogens with one attached hydrogen (secondary N) is 1. The lowest BCUT2D eigenvalue weighted by molar-refractivity contribution is 0.504. The summed E-state index contributed by atoms with van der Waals surface area (Å²) in [6.45, 7) is 5.90. The lowest BCUT2D eigenvalue weighted by atomic mass is 10.1. The Morgan fingerprint density at radius 2 is 2.00 bits per heavy atom. The maximum Gasteiger partial charge on any atom is 0.146 e. The van der Waals surface area contributed by atoms with Crippen LogP contribution in [0.15, 0.2) is 24.3 Å². The minimum atomic E-state index is -0.138. The molecular formula is C14H23FN2. The highest BCUT2D eigenvalue weighted by atomic mass is 19.1. The molecule has 0 spiro atoms. The van der Waals surface area contributed by atoms with Crippen LogP contribution in [0.2, 0.25) is 0 Å². The summed E-state index contributed by atoms with van der Waals surface area (Å²) in [5.41, 5.74) is 0.700. The van der Waals surface area contributed by atoms with Crippen LogP contribution in [0.1, 0.15) is 26.7 Å². The summed E-state index contributed by atoms with van der Waals surface area (Å²) in [6, 6.07) is 7.40. The fraction of sp³-hybridized carbons (Fsp3) is 0.571. The van der Waals surface area contributed by atoms with Gasteiger partial charge in [-0.1, -0.05) is 25.5 Å². The second-order valence-corrected chi connectivity index (χ2v) is 4.26. The van der Waals surface area contributed by atoms with Crippen molar-refractivity contribution >= 4 is 5.69 Å². The standard InChI is InChI=1S/C14H23FN2/c1-4-8-12(16-3)11-17(5-2)14-10-7-6-9-13(14)15/h6-7,9-10,12,16H,4-5,8,11H2,1-3H3. The van der Waals surface area contributed by atoms with Crippen molar-refractivity contribution in [2.24, 2.45) is 0 Å². The van der Waals surface area contributed by atoms with Gasteiger partial charge in [-0.25, -0.2) is 4.39 Å². The Hall–Kier alpha value is -1.09. The lowest BCUT2D eigenvalue weighted by Crippen LogP contribution is -2.39. The van der Waals surface area contributed by atoms with Gasteiger partial charge in [0, 0.05) is 19.1 Å². The molecule has 1 aromatic rings. The van der Waals surface area contributed by atoms with Crippen molar-refractivity contribution in [3.05, 3.63) is 30.1 Å². The molecule has 0 aliphatic carbocycles. The van der Waals surface area contributed by atoms with Crippen LogP contribution in [0, 0.1) is 5.82 Å². The molecule has 0 amide bonds. The van der Waals surface area contributed by atoms with E-state index in [9.17, 15) is 4.39 Å². The molecule has 3 heteroatoms. The first-order valence-corrected chi connectivity index (χ1v) is 6.39. The number of likely N-dealkylation sites (N-methyl/N-ethyl adjacent to an activating group) is 2. The molecule has 96 valence electrons. The van der Waals surface area contributed by atoms with Gasteiger partial charge in [-0.15, -0.1) is 0 Å². The molecule has 17 heavy (non-hydrogen) atoms. The van der Waals surface area contributed by atoms with E-state index in [4.69, 9.17) is 0 Å². The van der Waals surface area contributed by atoms with E-state index in [1.807, 2.05) is 19.2 Å². The van der Waals surface area contributed by atoms with Gasteiger partial charge in [0.25, 0.3) is 0 Å². The summed E-state index contributed by atoms with van der Waals surface area (Å²) in [5, 5.41) is 3.29. The smallest absolute Gasteiger partial charge is 0.146 e. The van der Waals surface area contributed by atoms with Crippen LogP contribution in [-0.2, 0) is 0 Å². The average Bonchev–Trinajstić information content (AvgIpc) is 2.35. The van der Waals surface area contributed by atoms with Gasteiger partial charge in [0.2, 0.25) is 0 Å². The van der Waals surface area contributed by atoms with E-state index in [1.54, 1.807) is 6.07 Å². The van der Waals surface area contributed by atoms with Crippen molar-refractivity contribution < 1.29 is 4.39 Å². The van der Waals surface area contributed by atoms with Crippen molar-refractivity contribution in [2.75, 3.05) is 25.0 Å². The monoisotopic (exact) mass is 238 g/mol. The fourth-order valence-electron chi connectivity index (χ4n) is 2.05. The highest BCUT2D eigenvalue weighted by molar-refractivity contribution is 5.47. The summed E-state index contributed by atoms with van der Waals surface area (Å²) in [5.74, 6) is -0.138. The number of hydrogen-bond acceptors (Lipinski definition) is 2. The largest absolute Gasteiger partial charge is 0.368 e. The second-order valence-electron chi connectivity index (χ2n) is 4.26. The number of hydrogen-bond donors (Lipinski definition) is 1. The summed E-state index contributed by atoms with van der Waals surface area (Å²) in [4.78, 5) is 2.09. The molecule has 0 aromatic heterocycles. The van der Waals surface area contributed by atoms with Crippen LogP contribution in [0.25, 0.3) is 0 Å². The molecule has 0 radical (unpaired) electrons. The predicted molar refractivity (Wildman–Crippen MR) is 72.0 cm³/mol. The molecule has 1 rings (SSSR count). The van der Waals surface area contributed by atoms with Crippen LogP contribution < -0.4 is 10.2 Å². The first-order chi connectivity index (χ1) is 8.22. The number of anilines is 1. The predicted octanol–water partition coefficient (Wildman–Crippen LogP) is 3.04. The van der Waals surface area contributed by atoms with E-state index in [0.717, 1.165) is 25.9 Å². The van der Waals surface area contributed by atoms with Crippen LogP contribution in [0.3, 0.4) is 0 Å². The average molecular weight is 238 g/mol. The van der Waals surface area contributed by atoms with Gasteiger partial charge in [0.05, 0.1) is 5.69 Å². The van der Waals surface area contributed by atoms with Crippen molar-refractivity contribution in [1.82, 2.24) is 5.32 Å². The van der Waals surface area contributed by atoms with E-state index < -0.39 is 0 Å². The summed E-state index contributed by atoms with van der Waals surface area (Å²) in [7, 11) is 1.97. The molecule has 2 nitrogen and oxygen atoms in total. The zero-order valence-corrected chi connectivity index (χ0v) is 11.0. The van der Waals surface area contributed by atoms with Crippen molar-refractivity contribution in [1.29, 1.82) is 0 Å². The molecule has 0 saturated heterocycles. The molecule has 0 fully saturated rings. The first kappa shape index (κ1) is 14.0. The van der Waals surface area contributed by atoms with Crippen molar-refractivity contribution in [3.8, 4) is 0 Å². The molecular weight excluding hydrogens is 215 g/mol. The lowest BCUT2D eigenvalue weighted by Gasteiger charge is -2.28. The third kappa shape index (κ3) is 4.00. The Morgan fingerprint density at radius 1 is 1.29 bits per heavy atom. The second kappa shape index (κ2) is 7.28. The Kier molecular flexibility index (Phi) is 5.98. The quantitative estimate of drug-likeness (QED) is 0.785. The van der Waals surface area contributed by atoms with Gasteiger partial charge < -0.3 is 10.2 Å². The molecule has 1 N–H and O–H groups in total. The zero-order chi connectivity index (χ0) is 12.7. The minimum absolute atomic E-state index is 0.138. The number of rotatable bonds is 7. The Morgan fingerprint density at radius 3 is 2.53 bits per heavy atom. The van der Waals surface area contributed by atoms with Crippen LogP contribution in [0.4, 0.5) is 10.1 Å². The zero-order valence-electron chi connectivity index (χ0n) is 11.0. The topological polar surface area (TPSA) is 15.3 Å². The minimum Gasteiger partial charge on any atom is -0.368 e. The highest BCUT2D eigenvalue weighted by Gasteiger charge is 2.13. The van der Waals surface area contributed by atoms with Gasteiger partial charge in [0.15, 0.2) is 0 Å². The molecule has 0 bridgehead atoms. The van der Waals surface area contributed by atoms with Gasteiger partial charge in [-0.3, -0.25) is 0 Å². The summed E-state index contributed by atoms with van der Waals surface area (Å²) < 4.78 is 13.7. The molecule has 1 atom stereocenters. The van der Waals surface area contributed by atoms with Crippen LogP contribution in [0.5, 0.6) is 0 Å². The highest BCUT2D eigenvalue weighted by Crippen LogP contribution is 2.19. The molecule has 0 saturated carbocycles. The maximum absolute atomic E-state index is 13.7. The van der Waals surface area contributed by atoms with Gasteiger partial charge in [0.1, 0.15) is 5.82 Å². The van der Waals surface area contributed by atoms with Crippen molar-refractivity contribution in [2.45, 2.75) is 32.7 Å². The SMILES string of the molecule is CCCC(CN(CC)c1ccccc1F)NC. The number of para-hydroxylation sites is 1. The molecule has 0 aliphatic rings. The summed E-state index contributed by atoms with van der Waals surface area (Å²) in [6.07, 6.45) is 2.25. The molecule has 1 unspecified atom stereocenters. The third-order valence-corrected chi connectivity index (χ3v) is 3.06. The van der Waals surface area contributed by atoms with E-state index in [0.29, 0.717) is 11.7 Å². The maximum atomic E-state index is 13.7. The van der Waals surface area contributed by atoms with Gasteiger partial charge in [-0.05, 0) is 32.5 Å². The van der Waals surface area contributed by atoms with Crippen LogP contribution in [-0.4, -0.2) is 26.2 Å². The van der Waals surface area contributed by atoms with E-state index in [2.05, 4.69) is 24.1 Å². The molecule has 0 heterocycles. The van der Waals surface area contributed by atoms with Gasteiger partial charge >= 0.3 is 0 Å². The van der Waals surface area contributed by atoms with Crippen LogP contribution >= 0.6 is 0 Å². The van der Waals surface area contributed by atoms with E-state index in [1.165, 1.54) is 6.07 Å². The van der Waals surface area contributed by atoms with E-state index >= 15 is 0 Å². The Bertz CT molecular complexity index is 328. The Labute approximate surface area is 104 Å². The number of halogens is 1.